The Kier molecular flexibility index (Phi) is 3.20. The first kappa shape index (κ1) is 13.1. The predicted molar refractivity (Wildman–Crippen MR) is 78.8 cm³/mol. The summed E-state index contributed by atoms with van der Waals surface area (Å²) < 4.78 is 0. The van der Waals surface area contributed by atoms with Crippen molar-refractivity contribution in [2.24, 2.45) is 5.73 Å². The normalized spacial score (nSPS) is 30.7. The van der Waals surface area contributed by atoms with Crippen molar-refractivity contribution in [3.8, 4) is 0 Å². The number of hydrogen-bond donors (Lipinski definition) is 1. The summed E-state index contributed by atoms with van der Waals surface area (Å²) in [6, 6.07) is 6.72. The predicted octanol–water partition coefficient (Wildman–Crippen LogP) is 3.66. The van der Waals surface area contributed by atoms with Gasteiger partial charge in [-0.15, -0.1) is 0 Å². The Labute approximate surface area is 110 Å². The molecule has 0 spiro atoms. The second-order valence-electron chi connectivity index (χ2n) is 5.95. The van der Waals surface area contributed by atoms with Crippen LogP contribution in [0.1, 0.15) is 37.0 Å². The molecule has 1 aliphatic rings. The molecule has 1 heteroatoms. The third-order valence-corrected chi connectivity index (χ3v) is 4.33. The molecule has 18 heavy (non-hydrogen) atoms. The first-order valence-corrected chi connectivity index (χ1v) is 6.57. The summed E-state index contributed by atoms with van der Waals surface area (Å²) in [6.45, 7) is 10.3. The van der Waals surface area contributed by atoms with E-state index in [0.29, 0.717) is 0 Å². The topological polar surface area (TPSA) is 26.0 Å². The van der Waals surface area contributed by atoms with Gasteiger partial charge in [0.2, 0.25) is 0 Å². The van der Waals surface area contributed by atoms with Crippen molar-refractivity contribution in [2.75, 3.05) is 0 Å². The molecule has 0 heterocycles. The van der Waals surface area contributed by atoms with Gasteiger partial charge >= 0.3 is 0 Å². The van der Waals surface area contributed by atoms with Crippen LogP contribution in [0.25, 0.3) is 0 Å². The zero-order valence-electron chi connectivity index (χ0n) is 11.7. The molecular weight excluding hydrogens is 218 g/mol. The van der Waals surface area contributed by atoms with Gasteiger partial charge in [0, 0.05) is 11.0 Å². The van der Waals surface area contributed by atoms with Gasteiger partial charge in [0.1, 0.15) is 0 Å². The molecule has 1 aromatic rings. The van der Waals surface area contributed by atoms with Gasteiger partial charge in [0.25, 0.3) is 0 Å². The Morgan fingerprint density at radius 2 is 2.06 bits per heavy atom. The fraction of sp³-hybridized carbons (Fsp3) is 0.412. The van der Waals surface area contributed by atoms with E-state index in [0.717, 1.165) is 12.8 Å². The highest BCUT2D eigenvalue weighted by molar-refractivity contribution is 5.47. The Bertz CT molecular complexity index is 496. The lowest BCUT2D eigenvalue weighted by Gasteiger charge is -2.19. The Hall–Kier alpha value is -1.34. The van der Waals surface area contributed by atoms with E-state index in [1.54, 1.807) is 0 Å². The summed E-state index contributed by atoms with van der Waals surface area (Å²) >= 11 is 0. The van der Waals surface area contributed by atoms with Crippen LogP contribution in [0.15, 0.2) is 43.0 Å². The van der Waals surface area contributed by atoms with Gasteiger partial charge in [0.15, 0.2) is 0 Å². The Morgan fingerprint density at radius 3 is 2.61 bits per heavy atom. The highest BCUT2D eigenvalue weighted by Crippen LogP contribution is 2.56. The molecule has 0 aliphatic heterocycles. The smallest absolute Gasteiger partial charge is 0.0230 e. The third-order valence-electron chi connectivity index (χ3n) is 4.33. The van der Waals surface area contributed by atoms with Crippen molar-refractivity contribution >= 4 is 0 Å². The summed E-state index contributed by atoms with van der Waals surface area (Å²) in [4.78, 5) is 0. The van der Waals surface area contributed by atoms with E-state index in [9.17, 15) is 0 Å². The lowest BCUT2D eigenvalue weighted by Crippen LogP contribution is -2.28. The van der Waals surface area contributed by atoms with E-state index in [4.69, 9.17) is 5.73 Å². The van der Waals surface area contributed by atoms with Crippen LogP contribution in [0.5, 0.6) is 0 Å². The van der Waals surface area contributed by atoms with Crippen LogP contribution in [0.4, 0.5) is 0 Å². The molecule has 1 saturated carbocycles. The van der Waals surface area contributed by atoms with Crippen LogP contribution < -0.4 is 5.73 Å². The van der Waals surface area contributed by atoms with E-state index < -0.39 is 0 Å². The summed E-state index contributed by atoms with van der Waals surface area (Å²) in [6.07, 6.45) is 8.00. The highest BCUT2D eigenvalue weighted by Gasteiger charge is 2.59. The first-order chi connectivity index (χ1) is 8.40. The second kappa shape index (κ2) is 4.40. The largest absolute Gasteiger partial charge is 0.325 e. The van der Waals surface area contributed by atoms with Crippen LogP contribution in [-0.2, 0) is 11.8 Å². The summed E-state index contributed by atoms with van der Waals surface area (Å²) in [5.41, 5.74) is 10.5. The molecule has 2 N–H and O–H groups in total. The third kappa shape index (κ3) is 2.15. The van der Waals surface area contributed by atoms with Crippen LogP contribution in [0, 0.1) is 6.92 Å². The van der Waals surface area contributed by atoms with Crippen LogP contribution in [0.3, 0.4) is 0 Å². The maximum absolute atomic E-state index is 6.32. The van der Waals surface area contributed by atoms with Crippen molar-refractivity contribution in [2.45, 2.75) is 44.6 Å². The van der Waals surface area contributed by atoms with Crippen LogP contribution in [-0.4, -0.2) is 5.54 Å². The molecule has 0 bridgehead atoms. The van der Waals surface area contributed by atoms with Gasteiger partial charge < -0.3 is 5.73 Å². The maximum Gasteiger partial charge on any atom is 0.0230 e. The zero-order chi connectivity index (χ0) is 13.4. The number of hydrogen-bond acceptors (Lipinski definition) is 1. The number of rotatable bonds is 4. The molecular formula is C17H23N. The van der Waals surface area contributed by atoms with Crippen molar-refractivity contribution < 1.29 is 0 Å². The fourth-order valence-corrected chi connectivity index (χ4v) is 2.77. The molecule has 0 amide bonds. The van der Waals surface area contributed by atoms with E-state index >= 15 is 0 Å². The molecule has 2 atom stereocenters. The van der Waals surface area contributed by atoms with Gasteiger partial charge in [-0.3, -0.25) is 0 Å². The monoisotopic (exact) mass is 241 g/mol. The molecule has 0 radical (unpaired) electrons. The van der Waals surface area contributed by atoms with E-state index in [1.807, 2.05) is 12.2 Å². The molecule has 2 unspecified atom stereocenters. The van der Waals surface area contributed by atoms with E-state index in [-0.39, 0.29) is 11.0 Å². The molecule has 0 saturated heterocycles. The minimum atomic E-state index is -0.0578. The van der Waals surface area contributed by atoms with Gasteiger partial charge in [-0.2, -0.15) is 0 Å². The van der Waals surface area contributed by atoms with Gasteiger partial charge in [-0.1, -0.05) is 55.5 Å². The molecule has 96 valence electrons. The quantitative estimate of drug-likeness (QED) is 0.800. The molecule has 0 aromatic heterocycles. The van der Waals surface area contributed by atoms with Gasteiger partial charge in [-0.05, 0) is 37.8 Å². The summed E-state index contributed by atoms with van der Waals surface area (Å²) in [5, 5.41) is 0. The van der Waals surface area contributed by atoms with E-state index in [1.165, 1.54) is 16.7 Å². The summed E-state index contributed by atoms with van der Waals surface area (Å²) in [7, 11) is 0. The fourth-order valence-electron chi connectivity index (χ4n) is 2.77. The zero-order valence-corrected chi connectivity index (χ0v) is 11.7. The lowest BCUT2D eigenvalue weighted by atomic mass is 9.87. The number of aryl methyl sites for hydroxylation is 1. The molecule has 1 aliphatic carbocycles. The lowest BCUT2D eigenvalue weighted by molar-refractivity contribution is 0.607. The first-order valence-electron chi connectivity index (χ1n) is 6.57. The molecule has 2 rings (SSSR count). The molecule has 1 nitrogen and oxygen atoms in total. The second-order valence-corrected chi connectivity index (χ2v) is 5.95. The average molecular weight is 241 g/mol. The summed E-state index contributed by atoms with van der Waals surface area (Å²) in [5.74, 6) is 0. The average Bonchev–Trinajstić information content (AvgIpc) is 2.82. The standard InChI is InChI=1S/C17H23N/c1-5-6-7-8-14-10-9-13(2)11-15(14)16(3)12-17(16,4)18/h5-7,9-11H,1,8,12,18H2,2-4H3/b7-6-. The van der Waals surface area contributed by atoms with Crippen molar-refractivity contribution in [3.05, 3.63) is 59.7 Å². The highest BCUT2D eigenvalue weighted by atomic mass is 14.9. The van der Waals surface area contributed by atoms with Crippen molar-refractivity contribution in [1.29, 1.82) is 0 Å². The van der Waals surface area contributed by atoms with Crippen LogP contribution >= 0.6 is 0 Å². The van der Waals surface area contributed by atoms with Gasteiger partial charge in [-0.25, -0.2) is 0 Å². The van der Waals surface area contributed by atoms with Crippen molar-refractivity contribution in [3.63, 3.8) is 0 Å². The molecule has 1 fully saturated rings. The minimum absolute atomic E-state index is 0.0578. The molecule has 1 aromatic carbocycles. The Balaban J connectivity index is 2.36. The number of allylic oxidation sites excluding steroid dienone is 3. The SMILES string of the molecule is C=C/C=C\Cc1ccc(C)cc1C1(C)CC1(C)N. The van der Waals surface area contributed by atoms with E-state index in [2.05, 4.69) is 51.6 Å². The minimum Gasteiger partial charge on any atom is -0.325 e. The number of benzene rings is 1. The maximum atomic E-state index is 6.32. The number of nitrogens with two attached hydrogens (primary N) is 1. The van der Waals surface area contributed by atoms with Crippen LogP contribution in [0.2, 0.25) is 0 Å². The van der Waals surface area contributed by atoms with Gasteiger partial charge in [0.05, 0.1) is 0 Å². The van der Waals surface area contributed by atoms with Crippen molar-refractivity contribution in [1.82, 2.24) is 0 Å². The Morgan fingerprint density at radius 1 is 1.39 bits per heavy atom.